The van der Waals surface area contributed by atoms with Crippen molar-refractivity contribution in [1.82, 2.24) is 19.8 Å². The topological polar surface area (TPSA) is 69.6 Å². The van der Waals surface area contributed by atoms with E-state index in [4.69, 9.17) is 0 Å². The van der Waals surface area contributed by atoms with Crippen molar-refractivity contribution in [3.8, 4) is 0 Å². The molecule has 0 aliphatic carbocycles. The lowest BCUT2D eigenvalue weighted by Crippen LogP contribution is -2.55. The molecule has 3 heterocycles. The van der Waals surface area contributed by atoms with Gasteiger partial charge in [-0.3, -0.25) is 9.59 Å². The third-order valence-electron chi connectivity index (χ3n) is 5.00. The van der Waals surface area contributed by atoms with Crippen LogP contribution in [0.5, 0.6) is 0 Å². The Bertz CT molecular complexity index is 581. The van der Waals surface area contributed by atoms with Crippen LogP contribution in [0.3, 0.4) is 0 Å². The van der Waals surface area contributed by atoms with Crippen LogP contribution in [0.4, 0.5) is 5.95 Å². The Labute approximate surface area is 136 Å². The number of piperidine rings is 1. The first-order valence-electron chi connectivity index (χ1n) is 8.04. The average molecular weight is 317 g/mol. The summed E-state index contributed by atoms with van der Waals surface area (Å²) < 4.78 is 0. The minimum atomic E-state index is -0.173. The summed E-state index contributed by atoms with van der Waals surface area (Å²) in [5.74, 6) is 0.820. The SMILES string of the molecule is CN(C)C(=O)CN1C(=O)CCC12CCN(c1ncccn1)CC2. The number of hydrogen-bond donors (Lipinski definition) is 0. The third kappa shape index (κ3) is 3.00. The summed E-state index contributed by atoms with van der Waals surface area (Å²) in [5, 5.41) is 0. The lowest BCUT2D eigenvalue weighted by molar-refractivity contribution is -0.140. The van der Waals surface area contributed by atoms with E-state index >= 15 is 0 Å². The fraction of sp³-hybridized carbons (Fsp3) is 0.625. The van der Waals surface area contributed by atoms with Gasteiger partial charge in [0.25, 0.3) is 0 Å². The molecule has 2 amide bonds. The second-order valence-electron chi connectivity index (χ2n) is 6.53. The number of hydrogen-bond acceptors (Lipinski definition) is 5. The quantitative estimate of drug-likeness (QED) is 0.813. The van der Waals surface area contributed by atoms with Gasteiger partial charge in [-0.2, -0.15) is 0 Å². The van der Waals surface area contributed by atoms with E-state index in [0.717, 1.165) is 38.3 Å². The molecule has 7 heteroatoms. The van der Waals surface area contributed by atoms with Crippen LogP contribution in [0, 0.1) is 0 Å². The second-order valence-corrected chi connectivity index (χ2v) is 6.53. The van der Waals surface area contributed by atoms with Crippen LogP contribution in [0.25, 0.3) is 0 Å². The fourth-order valence-electron chi connectivity index (χ4n) is 3.50. The second kappa shape index (κ2) is 6.14. The molecule has 1 aromatic rings. The van der Waals surface area contributed by atoms with Gasteiger partial charge in [0.05, 0.1) is 0 Å². The summed E-state index contributed by atoms with van der Waals surface area (Å²) in [6, 6.07) is 1.80. The molecule has 0 atom stereocenters. The fourth-order valence-corrected chi connectivity index (χ4v) is 3.50. The van der Waals surface area contributed by atoms with Crippen LogP contribution in [0.2, 0.25) is 0 Å². The Balaban J connectivity index is 1.70. The van der Waals surface area contributed by atoms with Gasteiger partial charge in [-0.25, -0.2) is 9.97 Å². The zero-order chi connectivity index (χ0) is 16.4. The van der Waals surface area contributed by atoms with E-state index in [0.29, 0.717) is 6.42 Å². The number of amides is 2. The Kier molecular flexibility index (Phi) is 4.19. The van der Waals surface area contributed by atoms with Crippen molar-refractivity contribution in [2.24, 2.45) is 0 Å². The number of likely N-dealkylation sites (tertiary alicyclic amines) is 1. The van der Waals surface area contributed by atoms with E-state index in [-0.39, 0.29) is 23.9 Å². The molecular formula is C16H23N5O2. The van der Waals surface area contributed by atoms with E-state index in [9.17, 15) is 9.59 Å². The van der Waals surface area contributed by atoms with Gasteiger partial charge in [0, 0.05) is 51.5 Å². The zero-order valence-corrected chi connectivity index (χ0v) is 13.7. The number of nitrogens with zero attached hydrogens (tertiary/aromatic N) is 5. The summed E-state index contributed by atoms with van der Waals surface area (Å²) in [4.78, 5) is 38.4. The van der Waals surface area contributed by atoms with E-state index in [1.54, 1.807) is 37.5 Å². The lowest BCUT2D eigenvalue weighted by atomic mass is 9.85. The van der Waals surface area contributed by atoms with E-state index in [2.05, 4.69) is 14.9 Å². The summed E-state index contributed by atoms with van der Waals surface area (Å²) in [7, 11) is 3.45. The first-order chi connectivity index (χ1) is 11.0. The molecule has 0 saturated carbocycles. The molecule has 2 aliphatic rings. The Morgan fingerprint density at radius 1 is 1.22 bits per heavy atom. The molecular weight excluding hydrogens is 294 g/mol. The Morgan fingerprint density at radius 3 is 2.48 bits per heavy atom. The van der Waals surface area contributed by atoms with Crippen LogP contribution < -0.4 is 4.90 Å². The van der Waals surface area contributed by atoms with Crippen LogP contribution >= 0.6 is 0 Å². The van der Waals surface area contributed by atoms with Crippen LogP contribution in [-0.4, -0.2) is 70.9 Å². The van der Waals surface area contributed by atoms with Crippen molar-refractivity contribution >= 4 is 17.8 Å². The summed E-state index contributed by atoms with van der Waals surface area (Å²) in [6.07, 6.45) is 6.59. The summed E-state index contributed by atoms with van der Waals surface area (Å²) in [6.45, 7) is 1.81. The molecule has 2 fully saturated rings. The Hall–Kier alpha value is -2.18. The summed E-state index contributed by atoms with van der Waals surface area (Å²) >= 11 is 0. The molecule has 7 nitrogen and oxygen atoms in total. The maximum Gasteiger partial charge on any atom is 0.241 e. The Morgan fingerprint density at radius 2 is 1.87 bits per heavy atom. The highest BCUT2D eigenvalue weighted by Crippen LogP contribution is 2.39. The molecule has 1 spiro atoms. The van der Waals surface area contributed by atoms with Gasteiger partial charge >= 0.3 is 0 Å². The van der Waals surface area contributed by atoms with Crippen molar-refractivity contribution < 1.29 is 9.59 Å². The molecule has 0 radical (unpaired) electrons. The van der Waals surface area contributed by atoms with Crippen LogP contribution in [-0.2, 0) is 9.59 Å². The lowest BCUT2D eigenvalue weighted by Gasteiger charge is -2.44. The van der Waals surface area contributed by atoms with Crippen LogP contribution in [0.1, 0.15) is 25.7 Å². The van der Waals surface area contributed by atoms with Gasteiger partial charge in [-0.05, 0) is 25.3 Å². The molecule has 0 N–H and O–H groups in total. The molecule has 124 valence electrons. The molecule has 2 aliphatic heterocycles. The molecule has 2 saturated heterocycles. The predicted molar refractivity (Wildman–Crippen MR) is 85.9 cm³/mol. The standard InChI is InChI=1S/C16H23N5O2/c1-19(2)14(23)12-21-13(22)4-5-16(21)6-10-20(11-7-16)15-17-8-3-9-18-15/h3,8-9H,4-7,10-12H2,1-2H3. The minimum absolute atomic E-state index is 0.0200. The van der Waals surface area contributed by atoms with Gasteiger partial charge in [0.2, 0.25) is 17.8 Å². The first kappa shape index (κ1) is 15.7. The number of carbonyl (C=O) groups is 2. The van der Waals surface area contributed by atoms with Crippen molar-refractivity contribution in [3.05, 3.63) is 18.5 Å². The molecule has 0 bridgehead atoms. The average Bonchev–Trinajstić information content (AvgIpc) is 2.86. The maximum absolute atomic E-state index is 12.3. The minimum Gasteiger partial charge on any atom is -0.347 e. The number of anilines is 1. The molecule has 1 aromatic heterocycles. The van der Waals surface area contributed by atoms with Gasteiger partial charge in [0.15, 0.2) is 0 Å². The van der Waals surface area contributed by atoms with Crippen molar-refractivity contribution in [2.75, 3.05) is 38.6 Å². The number of rotatable bonds is 3. The molecule has 23 heavy (non-hydrogen) atoms. The van der Waals surface area contributed by atoms with Gasteiger partial charge in [0.1, 0.15) is 6.54 Å². The van der Waals surface area contributed by atoms with E-state index in [1.807, 2.05) is 4.90 Å². The maximum atomic E-state index is 12.3. The smallest absolute Gasteiger partial charge is 0.241 e. The van der Waals surface area contributed by atoms with Gasteiger partial charge < -0.3 is 14.7 Å². The highest BCUT2D eigenvalue weighted by atomic mass is 16.2. The highest BCUT2D eigenvalue weighted by Gasteiger charge is 2.47. The molecule has 0 unspecified atom stereocenters. The van der Waals surface area contributed by atoms with Crippen LogP contribution in [0.15, 0.2) is 18.5 Å². The van der Waals surface area contributed by atoms with Crippen molar-refractivity contribution in [1.29, 1.82) is 0 Å². The van der Waals surface area contributed by atoms with Crippen molar-refractivity contribution in [2.45, 2.75) is 31.2 Å². The predicted octanol–water partition coefficient (Wildman–Crippen LogP) is 0.526. The third-order valence-corrected chi connectivity index (χ3v) is 5.00. The zero-order valence-electron chi connectivity index (χ0n) is 13.7. The largest absolute Gasteiger partial charge is 0.347 e. The number of aromatic nitrogens is 2. The normalized spacial score (nSPS) is 20.2. The van der Waals surface area contributed by atoms with Gasteiger partial charge in [-0.15, -0.1) is 0 Å². The monoisotopic (exact) mass is 317 g/mol. The highest BCUT2D eigenvalue weighted by molar-refractivity contribution is 5.86. The number of likely N-dealkylation sites (N-methyl/N-ethyl adjacent to an activating group) is 1. The van der Waals surface area contributed by atoms with E-state index in [1.165, 1.54) is 0 Å². The van der Waals surface area contributed by atoms with Crippen molar-refractivity contribution in [3.63, 3.8) is 0 Å². The number of carbonyl (C=O) groups excluding carboxylic acids is 2. The van der Waals surface area contributed by atoms with Gasteiger partial charge in [-0.1, -0.05) is 0 Å². The van der Waals surface area contributed by atoms with E-state index < -0.39 is 0 Å². The molecule has 0 aromatic carbocycles. The molecule has 3 rings (SSSR count). The first-order valence-corrected chi connectivity index (χ1v) is 8.04. The summed E-state index contributed by atoms with van der Waals surface area (Å²) in [5.41, 5.74) is -0.173.